The first-order valence-electron chi connectivity index (χ1n) is 7.20. The van der Waals surface area contributed by atoms with Gasteiger partial charge in [-0.3, -0.25) is 0 Å². The van der Waals surface area contributed by atoms with E-state index in [4.69, 9.17) is 11.6 Å². The summed E-state index contributed by atoms with van der Waals surface area (Å²) in [6, 6.07) is 4.46. The molecule has 1 unspecified atom stereocenters. The van der Waals surface area contributed by atoms with Crippen molar-refractivity contribution < 1.29 is 0 Å². The number of hydrogen-bond acceptors (Lipinski definition) is 3. The van der Waals surface area contributed by atoms with Gasteiger partial charge >= 0.3 is 0 Å². The minimum atomic E-state index is -0.0810. The Balaban J connectivity index is 1.99. The van der Waals surface area contributed by atoms with Crippen molar-refractivity contribution in [1.82, 2.24) is 14.5 Å². The normalized spacial score (nSPS) is 24.9. The highest BCUT2D eigenvalue weighted by Gasteiger charge is 2.26. The highest BCUT2D eigenvalue weighted by Crippen LogP contribution is 2.37. The number of alkyl halides is 1. The summed E-state index contributed by atoms with van der Waals surface area (Å²) in [6.07, 6.45) is 9.00. The van der Waals surface area contributed by atoms with Crippen LogP contribution < -0.4 is 0 Å². The van der Waals surface area contributed by atoms with Gasteiger partial charge in [0.1, 0.15) is 11.3 Å². The van der Waals surface area contributed by atoms with E-state index in [-0.39, 0.29) is 5.38 Å². The quantitative estimate of drug-likeness (QED) is 0.778. The largest absolute Gasteiger partial charge is 0.308 e. The second-order valence-electron chi connectivity index (χ2n) is 5.47. The van der Waals surface area contributed by atoms with Gasteiger partial charge < -0.3 is 4.57 Å². The van der Waals surface area contributed by atoms with Crippen LogP contribution in [0.5, 0.6) is 0 Å². The molecule has 108 valence electrons. The summed E-state index contributed by atoms with van der Waals surface area (Å²) in [7, 11) is 0. The summed E-state index contributed by atoms with van der Waals surface area (Å²) >= 11 is 8.33. The van der Waals surface area contributed by atoms with E-state index in [1.165, 1.54) is 25.7 Å². The van der Waals surface area contributed by atoms with Crippen molar-refractivity contribution in [2.45, 2.75) is 49.3 Å². The van der Waals surface area contributed by atoms with Crippen molar-refractivity contribution in [2.75, 3.05) is 6.26 Å². The lowest BCUT2D eigenvalue weighted by Gasteiger charge is -2.29. The minimum absolute atomic E-state index is 0.0810. The second-order valence-corrected chi connectivity index (χ2v) is 7.26. The third kappa shape index (κ3) is 2.56. The summed E-state index contributed by atoms with van der Waals surface area (Å²) in [5, 5.41) is 0.730. The molecule has 2 heterocycles. The third-order valence-corrected chi connectivity index (χ3v) is 5.51. The van der Waals surface area contributed by atoms with Gasteiger partial charge in [-0.05, 0) is 51.0 Å². The van der Waals surface area contributed by atoms with E-state index in [0.29, 0.717) is 6.04 Å². The number of fused-ring (bicyclic) bond motifs is 1. The SMILES string of the molecule is CSC1CCC(n2c(C(C)Cl)nc3cccnc32)CC1. The van der Waals surface area contributed by atoms with Gasteiger partial charge in [-0.25, -0.2) is 9.97 Å². The Labute approximate surface area is 129 Å². The molecular weight excluding hydrogens is 290 g/mol. The summed E-state index contributed by atoms with van der Waals surface area (Å²) in [6.45, 7) is 1.99. The Morgan fingerprint density at radius 2 is 2.10 bits per heavy atom. The average Bonchev–Trinajstić information content (AvgIpc) is 2.87. The van der Waals surface area contributed by atoms with Gasteiger partial charge in [-0.1, -0.05) is 0 Å². The maximum atomic E-state index is 6.34. The van der Waals surface area contributed by atoms with E-state index in [1.54, 1.807) is 0 Å². The summed E-state index contributed by atoms with van der Waals surface area (Å²) in [5.41, 5.74) is 1.95. The summed E-state index contributed by atoms with van der Waals surface area (Å²) in [5.74, 6) is 0.966. The number of rotatable bonds is 3. The average molecular weight is 310 g/mol. The molecule has 0 aromatic carbocycles. The molecule has 3 rings (SSSR count). The van der Waals surface area contributed by atoms with Gasteiger partial charge in [0.2, 0.25) is 0 Å². The second kappa shape index (κ2) is 5.94. The molecule has 20 heavy (non-hydrogen) atoms. The molecule has 0 bridgehead atoms. The number of thioether (sulfide) groups is 1. The molecule has 0 spiro atoms. The number of pyridine rings is 1. The topological polar surface area (TPSA) is 30.7 Å². The molecule has 0 N–H and O–H groups in total. The molecule has 0 radical (unpaired) electrons. The molecule has 1 fully saturated rings. The monoisotopic (exact) mass is 309 g/mol. The zero-order valence-electron chi connectivity index (χ0n) is 11.9. The fraction of sp³-hybridized carbons (Fsp3) is 0.600. The first kappa shape index (κ1) is 14.2. The molecule has 3 nitrogen and oxygen atoms in total. The van der Waals surface area contributed by atoms with Gasteiger partial charge in [0.15, 0.2) is 5.65 Å². The van der Waals surface area contributed by atoms with Crippen LogP contribution in [0, 0.1) is 0 Å². The molecule has 0 aliphatic heterocycles. The number of halogens is 1. The fourth-order valence-corrected chi connectivity index (χ4v) is 4.02. The van der Waals surface area contributed by atoms with Gasteiger partial charge in [-0.2, -0.15) is 11.8 Å². The summed E-state index contributed by atoms with van der Waals surface area (Å²) < 4.78 is 2.30. The van der Waals surface area contributed by atoms with E-state index in [1.807, 2.05) is 37.0 Å². The van der Waals surface area contributed by atoms with Crippen molar-refractivity contribution in [3.8, 4) is 0 Å². The van der Waals surface area contributed by atoms with Crippen LogP contribution in [0.3, 0.4) is 0 Å². The zero-order chi connectivity index (χ0) is 14.1. The lowest BCUT2D eigenvalue weighted by atomic mass is 9.94. The van der Waals surface area contributed by atoms with Crippen LogP contribution in [0.4, 0.5) is 0 Å². The van der Waals surface area contributed by atoms with Crippen LogP contribution in [-0.2, 0) is 0 Å². The Morgan fingerprint density at radius 3 is 2.75 bits per heavy atom. The maximum Gasteiger partial charge on any atom is 0.160 e. The molecule has 2 aromatic heterocycles. The molecule has 1 aliphatic carbocycles. The Morgan fingerprint density at radius 1 is 1.35 bits per heavy atom. The van der Waals surface area contributed by atoms with Crippen LogP contribution in [0.2, 0.25) is 0 Å². The number of aromatic nitrogens is 3. The smallest absolute Gasteiger partial charge is 0.160 e. The van der Waals surface area contributed by atoms with Crippen LogP contribution in [0.15, 0.2) is 18.3 Å². The molecule has 2 aromatic rings. The van der Waals surface area contributed by atoms with E-state index < -0.39 is 0 Å². The molecular formula is C15H20ClN3S. The van der Waals surface area contributed by atoms with Gasteiger partial charge in [0.05, 0.1) is 5.38 Å². The van der Waals surface area contributed by atoms with Gasteiger partial charge in [0, 0.05) is 17.5 Å². The van der Waals surface area contributed by atoms with E-state index in [2.05, 4.69) is 20.8 Å². The van der Waals surface area contributed by atoms with Crippen LogP contribution in [0.25, 0.3) is 11.2 Å². The van der Waals surface area contributed by atoms with E-state index in [9.17, 15) is 0 Å². The molecule has 1 atom stereocenters. The lowest BCUT2D eigenvalue weighted by Crippen LogP contribution is -2.21. The lowest BCUT2D eigenvalue weighted by molar-refractivity contribution is 0.357. The minimum Gasteiger partial charge on any atom is -0.308 e. The Kier molecular flexibility index (Phi) is 4.22. The van der Waals surface area contributed by atoms with Crippen molar-refractivity contribution in [2.24, 2.45) is 0 Å². The van der Waals surface area contributed by atoms with Gasteiger partial charge in [0.25, 0.3) is 0 Å². The van der Waals surface area contributed by atoms with Crippen molar-refractivity contribution in [1.29, 1.82) is 0 Å². The maximum absolute atomic E-state index is 6.34. The standard InChI is InChI=1S/C15H20ClN3S/c1-10(16)14-18-13-4-3-9-17-15(13)19(14)11-5-7-12(20-2)8-6-11/h3-4,9-12H,5-8H2,1-2H3. The van der Waals surface area contributed by atoms with Crippen molar-refractivity contribution in [3.05, 3.63) is 24.2 Å². The van der Waals surface area contributed by atoms with Crippen LogP contribution >= 0.6 is 23.4 Å². The molecule has 0 saturated heterocycles. The fourth-order valence-electron chi connectivity index (χ4n) is 3.13. The highest BCUT2D eigenvalue weighted by atomic mass is 35.5. The van der Waals surface area contributed by atoms with Crippen LogP contribution in [-0.4, -0.2) is 26.0 Å². The Hall–Kier alpha value is -0.740. The van der Waals surface area contributed by atoms with Gasteiger partial charge in [-0.15, -0.1) is 11.6 Å². The molecule has 0 amide bonds. The predicted octanol–water partition coefficient (Wildman–Crippen LogP) is 4.58. The first-order valence-corrected chi connectivity index (χ1v) is 8.93. The number of imidazole rings is 1. The van der Waals surface area contributed by atoms with E-state index in [0.717, 1.165) is 22.2 Å². The molecule has 1 saturated carbocycles. The zero-order valence-corrected chi connectivity index (χ0v) is 13.5. The van der Waals surface area contributed by atoms with Crippen molar-refractivity contribution in [3.63, 3.8) is 0 Å². The Bertz CT molecular complexity index is 588. The summed E-state index contributed by atoms with van der Waals surface area (Å²) in [4.78, 5) is 9.23. The highest BCUT2D eigenvalue weighted by molar-refractivity contribution is 7.99. The third-order valence-electron chi connectivity index (χ3n) is 4.17. The predicted molar refractivity (Wildman–Crippen MR) is 86.6 cm³/mol. The van der Waals surface area contributed by atoms with Crippen molar-refractivity contribution >= 4 is 34.5 Å². The van der Waals surface area contributed by atoms with Crippen LogP contribution in [0.1, 0.15) is 49.9 Å². The molecule has 1 aliphatic rings. The number of nitrogens with zero attached hydrogens (tertiary/aromatic N) is 3. The number of hydrogen-bond donors (Lipinski definition) is 0. The first-order chi connectivity index (χ1) is 9.70. The van der Waals surface area contributed by atoms with E-state index >= 15 is 0 Å². The molecule has 5 heteroatoms.